The lowest BCUT2D eigenvalue weighted by Crippen LogP contribution is -2.54. The van der Waals surface area contributed by atoms with E-state index in [1.807, 2.05) is 0 Å². The first kappa shape index (κ1) is 34.1. The number of nitrogens with two attached hydrogens (primary N) is 3. The summed E-state index contributed by atoms with van der Waals surface area (Å²) in [6.45, 7) is 3.12. The van der Waals surface area contributed by atoms with Crippen LogP contribution in [0.5, 0.6) is 0 Å². The molecule has 3 atom stereocenters. The molecule has 0 heterocycles. The normalized spacial score (nSPS) is 13.2. The van der Waals surface area contributed by atoms with Crippen molar-refractivity contribution in [2.75, 3.05) is 26.7 Å². The Morgan fingerprint density at radius 1 is 0.645 bits per heavy atom. The second-order valence-electron chi connectivity index (χ2n) is 7.43. The van der Waals surface area contributed by atoms with Gasteiger partial charge in [-0.2, -0.15) is 0 Å². The number of unbranched alkanes of at least 4 members (excludes halogenated alkanes) is 3. The second-order valence-corrected chi connectivity index (χ2v) is 7.43. The number of ketones is 1. The summed E-state index contributed by atoms with van der Waals surface area (Å²) in [5, 5.41) is 8.65. The molecular weight excluding hydrogens is 396 g/mol. The van der Waals surface area contributed by atoms with Gasteiger partial charge in [-0.1, -0.05) is 21.3 Å². The number of carbonyl (C=O) groups excluding carboxylic acids is 3. The van der Waals surface area contributed by atoms with E-state index in [4.69, 9.17) is 17.2 Å². The van der Waals surface area contributed by atoms with Gasteiger partial charge in [-0.25, -0.2) is 0 Å². The maximum atomic E-state index is 12.8. The smallest absolute Gasteiger partial charge is 0.243 e. The van der Waals surface area contributed by atoms with Crippen LogP contribution in [0.3, 0.4) is 0 Å². The Bertz CT molecular complexity index is 476. The second kappa shape index (κ2) is 21.7. The van der Waals surface area contributed by atoms with Crippen LogP contribution in [0.15, 0.2) is 0 Å². The van der Waals surface area contributed by atoms with Crippen LogP contribution < -0.4 is 33.2 Å². The zero-order valence-corrected chi connectivity index (χ0v) is 18.2. The monoisotopic (exact) mass is 446 g/mol. The van der Waals surface area contributed by atoms with Gasteiger partial charge in [0.15, 0.2) is 5.78 Å². The highest BCUT2D eigenvalue weighted by atomic mass is 16.2. The summed E-state index contributed by atoms with van der Waals surface area (Å²) in [4.78, 5) is 37.4. The molecule has 0 aliphatic heterocycles. The predicted molar refractivity (Wildman–Crippen MR) is 130 cm³/mol. The minimum atomic E-state index is -0.698. The van der Waals surface area contributed by atoms with Crippen LogP contribution in [-0.2, 0) is 14.4 Å². The van der Waals surface area contributed by atoms with Crippen molar-refractivity contribution in [3.8, 4) is 0 Å². The minimum Gasteiger partial charge on any atom is -0.345 e. The van der Waals surface area contributed by atoms with Gasteiger partial charge in [0.25, 0.3) is 0 Å². The van der Waals surface area contributed by atoms with E-state index >= 15 is 0 Å². The van der Waals surface area contributed by atoms with Crippen LogP contribution in [-0.4, -0.2) is 62.4 Å². The largest absolute Gasteiger partial charge is 0.345 e. The molecule has 0 rings (SSSR count). The van der Waals surface area contributed by atoms with Crippen molar-refractivity contribution in [1.29, 1.82) is 0 Å². The van der Waals surface area contributed by atoms with E-state index in [0.717, 1.165) is 32.1 Å². The summed E-state index contributed by atoms with van der Waals surface area (Å²) in [7, 11) is 1.72. The van der Waals surface area contributed by atoms with Crippen LogP contribution in [0, 0.1) is 0 Å². The molecule has 186 valence electrons. The first-order chi connectivity index (χ1) is 13.9. The molecular formula is C22H50N6O3. The molecule has 9 nitrogen and oxygen atoms in total. The molecule has 0 fully saturated rings. The van der Waals surface area contributed by atoms with Gasteiger partial charge in [0.05, 0.1) is 12.1 Å². The molecule has 0 aliphatic carbocycles. The third kappa shape index (κ3) is 15.8. The Kier molecular flexibility index (Phi) is 23.8. The number of hydrogen-bond donors (Lipinski definition) is 6. The highest BCUT2D eigenvalue weighted by Crippen LogP contribution is 2.07. The van der Waals surface area contributed by atoms with Gasteiger partial charge in [0.1, 0.15) is 6.04 Å². The number of amides is 2. The van der Waals surface area contributed by atoms with Crippen LogP contribution in [0.25, 0.3) is 0 Å². The van der Waals surface area contributed by atoms with E-state index in [2.05, 4.69) is 16.0 Å². The zero-order valence-electron chi connectivity index (χ0n) is 18.2. The van der Waals surface area contributed by atoms with Crippen LogP contribution in [0.2, 0.25) is 0 Å². The van der Waals surface area contributed by atoms with E-state index in [9.17, 15) is 14.4 Å². The summed E-state index contributed by atoms with van der Waals surface area (Å²) in [6, 6.07) is -1.65. The molecule has 0 radical (unpaired) electrons. The molecule has 0 aromatic heterocycles. The topological polar surface area (TPSA) is 165 Å². The number of carbonyl (C=O) groups is 3. The maximum absolute atomic E-state index is 12.8. The van der Waals surface area contributed by atoms with Crippen LogP contribution in [0.1, 0.15) is 79.6 Å². The Hall–Kier alpha value is -1.55. The molecule has 1 unspecified atom stereocenters. The SMILES string of the molecule is C.C.CNC(CCCCN)C(=O)N[C@@H](CCCCN)C(=O)N[C@H](CCCCN)C(C)=O. The van der Waals surface area contributed by atoms with Gasteiger partial charge >= 0.3 is 0 Å². The van der Waals surface area contributed by atoms with E-state index in [0.29, 0.717) is 45.3 Å². The van der Waals surface area contributed by atoms with Gasteiger partial charge in [0.2, 0.25) is 11.8 Å². The van der Waals surface area contributed by atoms with Gasteiger partial charge in [-0.05, 0) is 85.0 Å². The zero-order chi connectivity index (χ0) is 22.1. The summed E-state index contributed by atoms with van der Waals surface area (Å²) in [5.41, 5.74) is 16.6. The van der Waals surface area contributed by atoms with Gasteiger partial charge in [-0.15, -0.1) is 0 Å². The minimum absolute atomic E-state index is 0. The number of rotatable bonds is 18. The average Bonchev–Trinajstić information content (AvgIpc) is 2.69. The number of nitrogens with one attached hydrogen (secondary N) is 3. The Morgan fingerprint density at radius 2 is 1.00 bits per heavy atom. The fraction of sp³-hybridized carbons (Fsp3) is 0.864. The Balaban J connectivity index is -0.00000392. The van der Waals surface area contributed by atoms with Gasteiger partial charge in [-0.3, -0.25) is 14.4 Å². The van der Waals surface area contributed by atoms with Crippen molar-refractivity contribution in [2.45, 2.75) is 97.7 Å². The van der Waals surface area contributed by atoms with Crippen LogP contribution >= 0.6 is 0 Å². The molecule has 9 heteroatoms. The van der Waals surface area contributed by atoms with E-state index in [-0.39, 0.29) is 38.5 Å². The third-order valence-electron chi connectivity index (χ3n) is 4.95. The Labute approximate surface area is 190 Å². The fourth-order valence-electron chi connectivity index (χ4n) is 3.08. The summed E-state index contributed by atoms with van der Waals surface area (Å²) in [6.07, 6.45) is 6.36. The molecule has 9 N–H and O–H groups in total. The van der Waals surface area contributed by atoms with E-state index in [1.165, 1.54) is 6.92 Å². The van der Waals surface area contributed by atoms with Crippen LogP contribution in [0.4, 0.5) is 0 Å². The van der Waals surface area contributed by atoms with Crippen molar-refractivity contribution >= 4 is 17.6 Å². The first-order valence-electron chi connectivity index (χ1n) is 10.8. The van der Waals surface area contributed by atoms with Crippen molar-refractivity contribution < 1.29 is 14.4 Å². The van der Waals surface area contributed by atoms with Crippen molar-refractivity contribution in [1.82, 2.24) is 16.0 Å². The molecule has 0 saturated heterocycles. The molecule has 0 aromatic carbocycles. The predicted octanol–water partition coefficient (Wildman–Crippen LogP) is 0.792. The first-order valence-corrected chi connectivity index (χ1v) is 10.8. The van der Waals surface area contributed by atoms with Crippen molar-refractivity contribution in [3.05, 3.63) is 0 Å². The standard InChI is InChI=1S/C20H42N6O3.2CH4/c1-15(27)16(9-3-6-12-21)25-20(29)18(11-5-8-14-23)26-19(28)17(24-2)10-4-7-13-22;;/h16-18,24H,3-14,21-23H2,1-2H3,(H,25,29)(H,26,28);2*1H4/t16-,17?,18+;;/m1../s1. The molecule has 2 amide bonds. The van der Waals surface area contributed by atoms with Gasteiger partial charge in [0, 0.05) is 0 Å². The summed E-state index contributed by atoms with van der Waals surface area (Å²) in [5.74, 6) is -0.655. The molecule has 0 aromatic rings. The molecule has 0 aliphatic rings. The summed E-state index contributed by atoms with van der Waals surface area (Å²) >= 11 is 0. The van der Waals surface area contributed by atoms with E-state index in [1.54, 1.807) is 7.05 Å². The average molecular weight is 447 g/mol. The lowest BCUT2D eigenvalue weighted by Gasteiger charge is -2.24. The molecule has 0 bridgehead atoms. The number of hydrogen-bond acceptors (Lipinski definition) is 7. The highest BCUT2D eigenvalue weighted by molar-refractivity contribution is 5.92. The number of Topliss-reactive ketones (excluding diaryl/α,β-unsaturated/α-hetero) is 1. The fourth-order valence-corrected chi connectivity index (χ4v) is 3.08. The third-order valence-corrected chi connectivity index (χ3v) is 4.95. The lowest BCUT2D eigenvalue weighted by molar-refractivity contribution is -0.132. The molecule has 0 saturated carbocycles. The quantitative estimate of drug-likeness (QED) is 0.169. The molecule has 31 heavy (non-hydrogen) atoms. The van der Waals surface area contributed by atoms with Crippen molar-refractivity contribution in [3.63, 3.8) is 0 Å². The van der Waals surface area contributed by atoms with Gasteiger partial charge < -0.3 is 33.2 Å². The lowest BCUT2D eigenvalue weighted by atomic mass is 10.0. The van der Waals surface area contributed by atoms with Crippen molar-refractivity contribution in [2.24, 2.45) is 17.2 Å². The maximum Gasteiger partial charge on any atom is 0.243 e. The number of likely N-dealkylation sites (N-methyl/N-ethyl adjacent to an activating group) is 1. The van der Waals surface area contributed by atoms with E-state index < -0.39 is 12.1 Å². The summed E-state index contributed by atoms with van der Waals surface area (Å²) < 4.78 is 0. The highest BCUT2D eigenvalue weighted by Gasteiger charge is 2.27. The Morgan fingerprint density at radius 3 is 1.39 bits per heavy atom. The molecule has 0 spiro atoms.